The highest BCUT2D eigenvalue weighted by atomic mass is 19.4. The number of rotatable bonds is 7. The molecule has 1 aromatic heterocycles. The van der Waals surface area contributed by atoms with Crippen LogP contribution in [0.25, 0.3) is 0 Å². The van der Waals surface area contributed by atoms with Gasteiger partial charge in [0.25, 0.3) is 5.91 Å². The highest BCUT2D eigenvalue weighted by Gasteiger charge is 2.57. The second kappa shape index (κ2) is 10.9. The molecule has 1 amide bonds. The van der Waals surface area contributed by atoms with E-state index in [0.717, 1.165) is 19.6 Å². The first-order valence-corrected chi connectivity index (χ1v) is 14.9. The highest BCUT2D eigenvalue weighted by Crippen LogP contribution is 2.55. The fraction of sp³-hybridized carbons (Fsp3) is 0.531. The standard InChI is InChI=1S/C32H37F5N6O/c1-20(2)27-16-42(9-8-40(27)3)14-21-10-24-25(26(11-21)32(35,36)37)15-43(29(24)44)23-7-5-6-22(12-23)30(17-31(33,34)18-30)13-28-39-38-19-41(28)4/h5-7,10-12,19-20,27H,8-9,13-18H2,1-4H3/t27-/m1/s1. The van der Waals surface area contributed by atoms with Crippen molar-refractivity contribution in [3.63, 3.8) is 0 Å². The van der Waals surface area contributed by atoms with Crippen LogP contribution >= 0.6 is 0 Å². The molecule has 2 aromatic carbocycles. The summed E-state index contributed by atoms with van der Waals surface area (Å²) < 4.78 is 73.5. The smallest absolute Gasteiger partial charge is 0.321 e. The van der Waals surface area contributed by atoms with Crippen LogP contribution in [0, 0.1) is 5.92 Å². The number of carbonyl (C=O) groups is 1. The van der Waals surface area contributed by atoms with Crippen LogP contribution in [0.2, 0.25) is 0 Å². The Bertz CT molecular complexity index is 1560. The van der Waals surface area contributed by atoms with Gasteiger partial charge in [-0.15, -0.1) is 10.2 Å². The number of hydrogen-bond donors (Lipinski definition) is 0. The van der Waals surface area contributed by atoms with Gasteiger partial charge in [-0.2, -0.15) is 13.2 Å². The third-order valence-corrected chi connectivity index (χ3v) is 9.63. The van der Waals surface area contributed by atoms with Crippen molar-refractivity contribution >= 4 is 11.6 Å². The summed E-state index contributed by atoms with van der Waals surface area (Å²) in [5, 5.41) is 7.95. The number of fused-ring (bicyclic) bond motifs is 1. The minimum atomic E-state index is -4.64. The highest BCUT2D eigenvalue weighted by molar-refractivity contribution is 6.10. The van der Waals surface area contributed by atoms with E-state index in [1.54, 1.807) is 41.9 Å². The van der Waals surface area contributed by atoms with Gasteiger partial charge in [0, 0.05) is 75.2 Å². The first-order valence-electron chi connectivity index (χ1n) is 14.9. The van der Waals surface area contributed by atoms with E-state index in [0.29, 0.717) is 35.1 Å². The Kier molecular flexibility index (Phi) is 7.59. The van der Waals surface area contributed by atoms with Crippen LogP contribution in [-0.2, 0) is 38.1 Å². The second-order valence-corrected chi connectivity index (χ2v) is 13.2. The molecule has 2 aliphatic heterocycles. The number of halogens is 5. The molecule has 3 aliphatic rings. The summed E-state index contributed by atoms with van der Waals surface area (Å²) in [6.45, 7) is 6.61. The minimum Gasteiger partial charge on any atom is -0.321 e. The summed E-state index contributed by atoms with van der Waals surface area (Å²) in [6, 6.07) is 9.79. The maximum Gasteiger partial charge on any atom is 0.416 e. The van der Waals surface area contributed by atoms with Crippen LogP contribution in [0.4, 0.5) is 27.6 Å². The van der Waals surface area contributed by atoms with Crippen molar-refractivity contribution < 1.29 is 26.7 Å². The number of benzene rings is 2. The number of hydrogen-bond acceptors (Lipinski definition) is 5. The number of anilines is 1. The number of nitrogens with zero attached hydrogens (tertiary/aromatic N) is 6. The molecule has 236 valence electrons. The summed E-state index contributed by atoms with van der Waals surface area (Å²) in [7, 11) is 3.81. The zero-order valence-corrected chi connectivity index (χ0v) is 25.3. The molecule has 1 saturated heterocycles. The third kappa shape index (κ3) is 5.62. The van der Waals surface area contributed by atoms with E-state index in [-0.39, 0.29) is 30.1 Å². The number of amides is 1. The Morgan fingerprint density at radius 2 is 1.82 bits per heavy atom. The summed E-state index contributed by atoms with van der Waals surface area (Å²) in [5.74, 6) is -2.42. The zero-order chi connectivity index (χ0) is 31.6. The van der Waals surface area contributed by atoms with Gasteiger partial charge < -0.3 is 14.4 Å². The summed E-state index contributed by atoms with van der Waals surface area (Å²) in [5.41, 5.74) is -0.326. The molecule has 0 spiro atoms. The van der Waals surface area contributed by atoms with Gasteiger partial charge >= 0.3 is 6.18 Å². The van der Waals surface area contributed by atoms with Gasteiger partial charge in [-0.3, -0.25) is 9.69 Å². The summed E-state index contributed by atoms with van der Waals surface area (Å²) >= 11 is 0. The van der Waals surface area contributed by atoms with E-state index in [2.05, 4.69) is 40.9 Å². The predicted octanol–water partition coefficient (Wildman–Crippen LogP) is 5.68. The topological polar surface area (TPSA) is 57.5 Å². The fourth-order valence-electron chi connectivity index (χ4n) is 7.25. The van der Waals surface area contributed by atoms with Crippen LogP contribution in [0.1, 0.15) is 65.1 Å². The lowest BCUT2D eigenvalue weighted by Gasteiger charge is -2.48. The van der Waals surface area contributed by atoms with E-state index in [1.807, 2.05) is 0 Å². The SMILES string of the molecule is CC(C)[C@H]1CN(Cc2cc3c(c(C(F)(F)F)c2)CN(c2cccc(C4(Cc5nncn5C)CC(F)(F)C4)c2)C3=O)CCN1C. The number of aryl methyl sites for hydroxylation is 1. The second-order valence-electron chi connectivity index (χ2n) is 13.2. The molecule has 0 N–H and O–H groups in total. The summed E-state index contributed by atoms with van der Waals surface area (Å²) in [6.07, 6.45) is -3.69. The molecular weight excluding hydrogens is 579 g/mol. The van der Waals surface area contributed by atoms with Crippen LogP contribution in [0.15, 0.2) is 42.7 Å². The molecule has 6 rings (SSSR count). The molecule has 1 aliphatic carbocycles. The predicted molar refractivity (Wildman–Crippen MR) is 155 cm³/mol. The van der Waals surface area contributed by atoms with Gasteiger partial charge in [-0.1, -0.05) is 26.0 Å². The zero-order valence-electron chi connectivity index (χ0n) is 25.3. The van der Waals surface area contributed by atoms with Gasteiger partial charge in [0.15, 0.2) is 0 Å². The number of likely N-dealkylation sites (N-methyl/N-ethyl adjacent to an activating group) is 1. The third-order valence-electron chi connectivity index (χ3n) is 9.63. The van der Waals surface area contributed by atoms with Crippen molar-refractivity contribution in [2.75, 3.05) is 31.6 Å². The first kappa shape index (κ1) is 30.6. The lowest BCUT2D eigenvalue weighted by atomic mass is 9.60. The molecule has 0 radical (unpaired) electrons. The molecule has 0 unspecified atom stereocenters. The van der Waals surface area contributed by atoms with Crippen molar-refractivity contribution in [1.29, 1.82) is 0 Å². The number of carbonyl (C=O) groups excluding carboxylic acids is 1. The van der Waals surface area contributed by atoms with Crippen LogP contribution in [0.5, 0.6) is 0 Å². The Balaban J connectivity index is 1.30. The van der Waals surface area contributed by atoms with Crippen LogP contribution < -0.4 is 4.90 Å². The van der Waals surface area contributed by atoms with Gasteiger partial charge in [0.1, 0.15) is 12.2 Å². The van der Waals surface area contributed by atoms with E-state index >= 15 is 0 Å². The average molecular weight is 617 g/mol. The van der Waals surface area contributed by atoms with E-state index in [4.69, 9.17) is 0 Å². The van der Waals surface area contributed by atoms with E-state index in [1.165, 1.54) is 17.3 Å². The molecule has 1 atom stereocenters. The molecule has 7 nitrogen and oxygen atoms in total. The van der Waals surface area contributed by atoms with Gasteiger partial charge in [-0.25, -0.2) is 8.78 Å². The lowest BCUT2D eigenvalue weighted by molar-refractivity contribution is -0.138. The average Bonchev–Trinajstić information content (AvgIpc) is 3.49. The van der Waals surface area contributed by atoms with Gasteiger partial charge in [0.05, 0.1) is 12.1 Å². The van der Waals surface area contributed by atoms with Gasteiger partial charge in [-0.05, 0) is 53.9 Å². The summed E-state index contributed by atoms with van der Waals surface area (Å²) in [4.78, 5) is 19.5. The van der Waals surface area contributed by atoms with Crippen molar-refractivity contribution in [3.8, 4) is 0 Å². The van der Waals surface area contributed by atoms with Crippen LogP contribution in [-0.4, -0.2) is 69.1 Å². The number of aromatic nitrogens is 3. The van der Waals surface area contributed by atoms with Gasteiger partial charge in [0.2, 0.25) is 5.92 Å². The Morgan fingerprint density at radius 1 is 1.07 bits per heavy atom. The molecule has 1 saturated carbocycles. The number of piperazine rings is 1. The Morgan fingerprint density at radius 3 is 2.45 bits per heavy atom. The monoisotopic (exact) mass is 616 g/mol. The molecule has 3 aromatic rings. The van der Waals surface area contributed by atoms with E-state index in [9.17, 15) is 26.7 Å². The normalized spacial score (nSPS) is 22.0. The molecule has 44 heavy (non-hydrogen) atoms. The molecular formula is C32H37F5N6O. The van der Waals surface area contributed by atoms with Crippen molar-refractivity contribution in [2.24, 2.45) is 13.0 Å². The maximum absolute atomic E-state index is 14.4. The molecule has 2 fully saturated rings. The fourth-order valence-corrected chi connectivity index (χ4v) is 7.25. The maximum atomic E-state index is 14.4. The van der Waals surface area contributed by atoms with E-state index < -0.39 is 41.8 Å². The largest absolute Gasteiger partial charge is 0.416 e. The Labute approximate surface area is 253 Å². The molecule has 3 heterocycles. The first-order chi connectivity index (χ1) is 20.7. The quantitative estimate of drug-likeness (QED) is 0.320. The molecule has 0 bridgehead atoms. The van der Waals surface area contributed by atoms with Crippen molar-refractivity contribution in [3.05, 3.63) is 76.4 Å². The van der Waals surface area contributed by atoms with Crippen LogP contribution in [0.3, 0.4) is 0 Å². The van der Waals surface area contributed by atoms with Crippen molar-refractivity contribution in [1.82, 2.24) is 24.6 Å². The van der Waals surface area contributed by atoms with Crippen molar-refractivity contribution in [2.45, 2.75) is 69.8 Å². The lowest BCUT2D eigenvalue weighted by Crippen LogP contribution is -2.53. The molecule has 12 heteroatoms. The number of alkyl halides is 5. The Hall–Kier alpha value is -3.38. The minimum absolute atomic E-state index is 0.0405.